The lowest BCUT2D eigenvalue weighted by atomic mass is 10.0. The molecule has 0 aliphatic rings. The lowest BCUT2D eigenvalue weighted by Gasteiger charge is -2.23. The second-order valence-electron chi connectivity index (χ2n) is 5.82. The average molecular weight is 347 g/mol. The van der Waals surface area contributed by atoms with Crippen LogP contribution in [-0.2, 0) is 9.53 Å². The normalized spacial score (nSPS) is 13.3. The number of aryl methyl sites for hydroxylation is 1. The summed E-state index contributed by atoms with van der Waals surface area (Å²) >= 11 is 6.14. The first-order valence-electron chi connectivity index (χ1n) is 7.88. The van der Waals surface area contributed by atoms with Crippen molar-refractivity contribution in [3.8, 4) is 0 Å². The molecule has 0 aromatic heterocycles. The van der Waals surface area contributed by atoms with Crippen molar-refractivity contribution in [3.05, 3.63) is 64.7 Å². The molecule has 0 radical (unpaired) electrons. The van der Waals surface area contributed by atoms with E-state index >= 15 is 0 Å². The van der Waals surface area contributed by atoms with E-state index in [-0.39, 0.29) is 11.9 Å². The van der Waals surface area contributed by atoms with E-state index < -0.39 is 6.04 Å². The maximum atomic E-state index is 12.8. The SMILES string of the molecule is COC[C@@H](C)N[C@H](C(=O)Nc1ccc(C)c(Cl)c1)c1ccccc1. The van der Waals surface area contributed by atoms with Gasteiger partial charge in [-0.05, 0) is 37.1 Å². The van der Waals surface area contributed by atoms with Gasteiger partial charge in [-0.15, -0.1) is 0 Å². The van der Waals surface area contributed by atoms with Gasteiger partial charge in [-0.2, -0.15) is 0 Å². The van der Waals surface area contributed by atoms with E-state index in [4.69, 9.17) is 16.3 Å². The number of anilines is 1. The minimum Gasteiger partial charge on any atom is -0.383 e. The molecule has 0 heterocycles. The Balaban J connectivity index is 2.18. The molecular weight excluding hydrogens is 324 g/mol. The molecule has 2 aromatic carbocycles. The Labute approximate surface area is 148 Å². The van der Waals surface area contributed by atoms with Gasteiger partial charge in [-0.3, -0.25) is 10.1 Å². The van der Waals surface area contributed by atoms with Crippen LogP contribution < -0.4 is 10.6 Å². The van der Waals surface area contributed by atoms with Crippen LogP contribution in [0.1, 0.15) is 24.1 Å². The number of hydrogen-bond donors (Lipinski definition) is 2. The Kier molecular flexibility index (Phi) is 6.79. The van der Waals surface area contributed by atoms with E-state index in [0.717, 1.165) is 11.1 Å². The molecule has 2 rings (SSSR count). The number of benzene rings is 2. The molecular formula is C19H23ClN2O2. The summed E-state index contributed by atoms with van der Waals surface area (Å²) in [4.78, 5) is 12.8. The quantitative estimate of drug-likeness (QED) is 0.798. The van der Waals surface area contributed by atoms with Crippen LogP contribution in [0.5, 0.6) is 0 Å². The van der Waals surface area contributed by atoms with Crippen LogP contribution >= 0.6 is 11.6 Å². The molecule has 0 saturated carbocycles. The maximum Gasteiger partial charge on any atom is 0.246 e. The van der Waals surface area contributed by atoms with E-state index in [0.29, 0.717) is 17.3 Å². The number of rotatable bonds is 7. The summed E-state index contributed by atoms with van der Waals surface area (Å²) in [6.45, 7) is 4.43. The van der Waals surface area contributed by atoms with Crippen LogP contribution in [0.3, 0.4) is 0 Å². The van der Waals surface area contributed by atoms with Crippen LogP contribution in [0.15, 0.2) is 48.5 Å². The maximum absolute atomic E-state index is 12.8. The summed E-state index contributed by atoms with van der Waals surface area (Å²) in [5.74, 6) is -0.135. The van der Waals surface area contributed by atoms with Crippen molar-refractivity contribution in [2.24, 2.45) is 0 Å². The molecule has 24 heavy (non-hydrogen) atoms. The van der Waals surface area contributed by atoms with E-state index in [1.165, 1.54) is 0 Å². The molecule has 128 valence electrons. The highest BCUT2D eigenvalue weighted by Crippen LogP contribution is 2.22. The van der Waals surface area contributed by atoms with E-state index in [1.807, 2.05) is 56.3 Å². The van der Waals surface area contributed by atoms with Gasteiger partial charge in [0, 0.05) is 23.9 Å². The lowest BCUT2D eigenvalue weighted by Crippen LogP contribution is -2.40. The second-order valence-corrected chi connectivity index (χ2v) is 6.23. The fraction of sp³-hybridized carbons (Fsp3) is 0.316. The molecule has 1 amide bonds. The number of hydrogen-bond acceptors (Lipinski definition) is 3. The van der Waals surface area contributed by atoms with Crippen LogP contribution in [0, 0.1) is 6.92 Å². The first-order chi connectivity index (χ1) is 11.5. The van der Waals surface area contributed by atoms with Crippen LogP contribution in [0.25, 0.3) is 0 Å². The molecule has 2 N–H and O–H groups in total. The number of methoxy groups -OCH3 is 1. The Hall–Kier alpha value is -1.88. The highest BCUT2D eigenvalue weighted by Gasteiger charge is 2.22. The second kappa shape index (κ2) is 8.83. The van der Waals surface area contributed by atoms with E-state index in [1.54, 1.807) is 13.2 Å². The topological polar surface area (TPSA) is 50.4 Å². The molecule has 5 heteroatoms. The van der Waals surface area contributed by atoms with Crippen molar-refractivity contribution in [3.63, 3.8) is 0 Å². The summed E-state index contributed by atoms with van der Waals surface area (Å²) in [6.07, 6.45) is 0. The number of carbonyl (C=O) groups excluding carboxylic acids is 1. The molecule has 0 bridgehead atoms. The third kappa shape index (κ3) is 5.06. The van der Waals surface area contributed by atoms with Gasteiger partial charge in [0.25, 0.3) is 0 Å². The number of carbonyl (C=O) groups is 1. The van der Waals surface area contributed by atoms with Gasteiger partial charge in [0.1, 0.15) is 6.04 Å². The van der Waals surface area contributed by atoms with Gasteiger partial charge >= 0.3 is 0 Å². The monoisotopic (exact) mass is 346 g/mol. The van der Waals surface area contributed by atoms with Crippen LogP contribution in [0.4, 0.5) is 5.69 Å². The highest BCUT2D eigenvalue weighted by molar-refractivity contribution is 6.31. The van der Waals surface area contributed by atoms with Crippen molar-refractivity contribution in [2.45, 2.75) is 25.9 Å². The van der Waals surface area contributed by atoms with Crippen molar-refractivity contribution in [1.29, 1.82) is 0 Å². The van der Waals surface area contributed by atoms with Gasteiger partial charge in [-0.1, -0.05) is 48.0 Å². The highest BCUT2D eigenvalue weighted by atomic mass is 35.5. The Morgan fingerprint density at radius 2 is 1.92 bits per heavy atom. The summed E-state index contributed by atoms with van der Waals surface area (Å²) in [5.41, 5.74) is 2.55. The molecule has 0 aliphatic carbocycles. The molecule has 2 aromatic rings. The molecule has 0 fully saturated rings. The molecule has 0 spiro atoms. The first kappa shape index (κ1) is 18.5. The smallest absolute Gasteiger partial charge is 0.246 e. The van der Waals surface area contributed by atoms with E-state index in [2.05, 4.69) is 10.6 Å². The number of nitrogens with one attached hydrogen (secondary N) is 2. The van der Waals surface area contributed by atoms with Crippen molar-refractivity contribution < 1.29 is 9.53 Å². The number of amides is 1. The standard InChI is InChI=1S/C19H23ClN2O2/c1-13-9-10-16(11-17(13)20)22-19(23)18(21-14(2)12-24-3)15-7-5-4-6-8-15/h4-11,14,18,21H,12H2,1-3H3,(H,22,23)/t14-,18+/m1/s1. The zero-order valence-electron chi connectivity index (χ0n) is 14.2. The molecule has 4 nitrogen and oxygen atoms in total. The third-order valence-electron chi connectivity index (χ3n) is 3.70. The third-order valence-corrected chi connectivity index (χ3v) is 4.11. The predicted molar refractivity (Wildman–Crippen MR) is 98.5 cm³/mol. The van der Waals surface area contributed by atoms with Crippen molar-refractivity contribution >= 4 is 23.2 Å². The average Bonchev–Trinajstić information content (AvgIpc) is 2.57. The zero-order valence-corrected chi connectivity index (χ0v) is 14.9. The lowest BCUT2D eigenvalue weighted by molar-refractivity contribution is -0.118. The zero-order chi connectivity index (χ0) is 17.5. The van der Waals surface area contributed by atoms with Gasteiger partial charge in [0.15, 0.2) is 0 Å². The molecule has 0 unspecified atom stereocenters. The Morgan fingerprint density at radius 1 is 1.21 bits per heavy atom. The minimum absolute atomic E-state index is 0.0348. The van der Waals surface area contributed by atoms with Crippen molar-refractivity contribution in [1.82, 2.24) is 5.32 Å². The van der Waals surface area contributed by atoms with Gasteiger partial charge in [0.05, 0.1) is 6.61 Å². The summed E-state index contributed by atoms with van der Waals surface area (Å²) in [7, 11) is 1.64. The molecule has 0 aliphatic heterocycles. The van der Waals surface area contributed by atoms with Gasteiger partial charge in [0.2, 0.25) is 5.91 Å². The van der Waals surface area contributed by atoms with Crippen LogP contribution in [0.2, 0.25) is 5.02 Å². The fourth-order valence-electron chi connectivity index (χ4n) is 2.44. The van der Waals surface area contributed by atoms with Gasteiger partial charge < -0.3 is 10.1 Å². The van der Waals surface area contributed by atoms with Crippen molar-refractivity contribution in [2.75, 3.05) is 19.0 Å². The number of halogens is 1. The largest absolute Gasteiger partial charge is 0.383 e. The molecule has 2 atom stereocenters. The molecule has 0 saturated heterocycles. The first-order valence-corrected chi connectivity index (χ1v) is 8.26. The number of ether oxygens (including phenoxy) is 1. The summed E-state index contributed by atoms with van der Waals surface area (Å²) < 4.78 is 5.16. The van der Waals surface area contributed by atoms with Crippen LogP contribution in [-0.4, -0.2) is 25.7 Å². The van der Waals surface area contributed by atoms with E-state index in [9.17, 15) is 4.79 Å². The summed E-state index contributed by atoms with van der Waals surface area (Å²) in [6, 6.07) is 14.7. The fourth-order valence-corrected chi connectivity index (χ4v) is 2.62. The predicted octanol–water partition coefficient (Wildman–Crippen LogP) is 3.95. The summed E-state index contributed by atoms with van der Waals surface area (Å²) in [5, 5.41) is 6.87. The van der Waals surface area contributed by atoms with Gasteiger partial charge in [-0.25, -0.2) is 0 Å². The minimum atomic E-state index is -0.476. The Morgan fingerprint density at radius 3 is 2.54 bits per heavy atom. The Bertz CT molecular complexity index is 676.